The van der Waals surface area contributed by atoms with E-state index in [0.29, 0.717) is 18.7 Å². The van der Waals surface area contributed by atoms with Crippen molar-refractivity contribution in [1.29, 1.82) is 0 Å². The highest BCUT2D eigenvalue weighted by Crippen LogP contribution is 2.17. The average Bonchev–Trinajstić information content (AvgIpc) is 2.43. The van der Waals surface area contributed by atoms with Crippen molar-refractivity contribution in [2.45, 2.75) is 27.2 Å². The minimum absolute atomic E-state index is 0.0476. The number of hydrogen-bond donors (Lipinski definition) is 1. The Kier molecular flexibility index (Phi) is 6.35. The van der Waals surface area contributed by atoms with Crippen molar-refractivity contribution >= 4 is 21.8 Å². The molecule has 19 heavy (non-hydrogen) atoms. The molecule has 0 saturated heterocycles. The molecule has 4 heteroatoms. The van der Waals surface area contributed by atoms with E-state index in [0.717, 1.165) is 17.5 Å². The number of carbonyl (C=O) groups excluding carboxylic acids is 1. The van der Waals surface area contributed by atoms with E-state index in [-0.39, 0.29) is 11.3 Å². The number of alkyl halides is 1. The Morgan fingerprint density at radius 3 is 2.79 bits per heavy atom. The summed E-state index contributed by atoms with van der Waals surface area (Å²) in [6.45, 7) is 7.56. The summed E-state index contributed by atoms with van der Waals surface area (Å²) in [5, 5.41) is 3.80. The third-order valence-electron chi connectivity index (χ3n) is 2.66. The first kappa shape index (κ1) is 16.0. The van der Waals surface area contributed by atoms with E-state index < -0.39 is 0 Å². The van der Waals surface area contributed by atoms with Gasteiger partial charge < -0.3 is 10.1 Å². The number of rotatable bonds is 7. The van der Waals surface area contributed by atoms with Gasteiger partial charge >= 0.3 is 0 Å². The Bertz CT molecular complexity index is 418. The smallest absolute Gasteiger partial charge is 0.251 e. The molecule has 0 bridgehead atoms. The van der Waals surface area contributed by atoms with Gasteiger partial charge in [-0.3, -0.25) is 4.79 Å². The molecule has 1 aromatic carbocycles. The van der Waals surface area contributed by atoms with Crippen molar-refractivity contribution in [3.8, 4) is 5.75 Å². The molecule has 0 aliphatic carbocycles. The first-order valence-electron chi connectivity index (χ1n) is 6.55. The maximum absolute atomic E-state index is 12.1. The van der Waals surface area contributed by atoms with Crippen LogP contribution in [0.4, 0.5) is 0 Å². The Labute approximate surface area is 123 Å². The number of nitrogens with one attached hydrogen (secondary N) is 1. The van der Waals surface area contributed by atoms with Gasteiger partial charge in [0.25, 0.3) is 5.91 Å². The molecule has 0 saturated carbocycles. The van der Waals surface area contributed by atoms with Crippen molar-refractivity contribution < 1.29 is 9.53 Å². The molecule has 0 aliphatic heterocycles. The molecule has 1 amide bonds. The highest BCUT2D eigenvalue weighted by Gasteiger charge is 2.17. The van der Waals surface area contributed by atoms with Crippen molar-refractivity contribution in [1.82, 2.24) is 5.32 Å². The average molecular weight is 328 g/mol. The van der Waals surface area contributed by atoms with Crippen molar-refractivity contribution in [3.63, 3.8) is 0 Å². The lowest BCUT2D eigenvalue weighted by Crippen LogP contribution is -2.34. The second-order valence-corrected chi connectivity index (χ2v) is 5.92. The number of benzene rings is 1. The fourth-order valence-corrected chi connectivity index (χ4v) is 1.61. The first-order valence-corrected chi connectivity index (χ1v) is 7.67. The molecule has 0 fully saturated rings. The van der Waals surface area contributed by atoms with Crippen LogP contribution in [0, 0.1) is 5.41 Å². The van der Waals surface area contributed by atoms with Crippen LogP contribution in [-0.4, -0.2) is 24.4 Å². The van der Waals surface area contributed by atoms with E-state index in [4.69, 9.17) is 4.74 Å². The lowest BCUT2D eigenvalue weighted by Gasteiger charge is -2.21. The molecule has 0 heterocycles. The van der Waals surface area contributed by atoms with Gasteiger partial charge in [0, 0.05) is 17.4 Å². The van der Waals surface area contributed by atoms with Crippen molar-refractivity contribution in [3.05, 3.63) is 29.8 Å². The van der Waals surface area contributed by atoms with Crippen LogP contribution in [0.15, 0.2) is 24.3 Å². The molecule has 0 radical (unpaired) electrons. The fourth-order valence-electron chi connectivity index (χ4n) is 1.42. The third-order valence-corrected chi connectivity index (χ3v) is 4.18. The van der Waals surface area contributed by atoms with Crippen molar-refractivity contribution in [2.24, 2.45) is 5.41 Å². The Hall–Kier alpha value is -1.03. The molecule has 0 aromatic heterocycles. The van der Waals surface area contributed by atoms with Gasteiger partial charge in [-0.05, 0) is 30.0 Å². The number of carbonyl (C=O) groups is 1. The maximum Gasteiger partial charge on any atom is 0.251 e. The van der Waals surface area contributed by atoms with Crippen LogP contribution in [0.1, 0.15) is 37.6 Å². The summed E-state index contributed by atoms with van der Waals surface area (Å²) in [5.41, 5.74) is 0.686. The van der Waals surface area contributed by atoms with Crippen LogP contribution in [0.5, 0.6) is 5.75 Å². The van der Waals surface area contributed by atoms with Crippen LogP contribution >= 0.6 is 15.9 Å². The zero-order valence-corrected chi connectivity index (χ0v) is 13.4. The lowest BCUT2D eigenvalue weighted by molar-refractivity contribution is 0.0939. The predicted molar refractivity (Wildman–Crippen MR) is 82.1 cm³/mol. The molecular weight excluding hydrogens is 306 g/mol. The van der Waals surface area contributed by atoms with Gasteiger partial charge in [-0.15, -0.1) is 0 Å². The number of amides is 1. The zero-order valence-electron chi connectivity index (χ0n) is 11.8. The van der Waals surface area contributed by atoms with Crippen LogP contribution in [0.3, 0.4) is 0 Å². The largest absolute Gasteiger partial charge is 0.494 e. The summed E-state index contributed by atoms with van der Waals surface area (Å²) in [4.78, 5) is 12.1. The molecule has 106 valence electrons. The van der Waals surface area contributed by atoms with Gasteiger partial charge in [0.2, 0.25) is 0 Å². The van der Waals surface area contributed by atoms with E-state index in [2.05, 4.69) is 42.0 Å². The normalized spacial score (nSPS) is 11.2. The molecule has 1 rings (SSSR count). The molecule has 1 aromatic rings. The van der Waals surface area contributed by atoms with Crippen LogP contribution in [0.25, 0.3) is 0 Å². The molecule has 3 nitrogen and oxygen atoms in total. The summed E-state index contributed by atoms with van der Waals surface area (Å²) in [7, 11) is 0. The third kappa shape index (κ3) is 5.64. The Balaban J connectivity index is 2.61. The van der Waals surface area contributed by atoms with E-state index in [1.807, 2.05) is 12.1 Å². The van der Waals surface area contributed by atoms with Gasteiger partial charge in [-0.25, -0.2) is 0 Å². The van der Waals surface area contributed by atoms with Crippen LogP contribution in [-0.2, 0) is 0 Å². The van der Waals surface area contributed by atoms with E-state index in [9.17, 15) is 4.79 Å². The first-order chi connectivity index (χ1) is 8.98. The second-order valence-electron chi connectivity index (χ2n) is 5.36. The number of ether oxygens (including phenoxy) is 1. The fraction of sp³-hybridized carbons (Fsp3) is 0.533. The quantitative estimate of drug-likeness (QED) is 0.776. The molecule has 0 unspecified atom stereocenters. The topological polar surface area (TPSA) is 38.3 Å². The Morgan fingerprint density at radius 2 is 2.16 bits per heavy atom. The monoisotopic (exact) mass is 327 g/mol. The van der Waals surface area contributed by atoms with Gasteiger partial charge in [0.05, 0.1) is 6.61 Å². The molecule has 0 atom stereocenters. The minimum Gasteiger partial charge on any atom is -0.494 e. The predicted octanol–water partition coefficient (Wildman–Crippen LogP) is 3.63. The highest BCUT2D eigenvalue weighted by atomic mass is 79.9. The lowest BCUT2D eigenvalue weighted by atomic mass is 9.97. The van der Waals surface area contributed by atoms with E-state index in [1.54, 1.807) is 12.1 Å². The number of hydrogen-bond acceptors (Lipinski definition) is 2. The van der Waals surface area contributed by atoms with Gasteiger partial charge in [0.1, 0.15) is 5.75 Å². The van der Waals surface area contributed by atoms with E-state index in [1.165, 1.54) is 0 Å². The molecule has 0 aliphatic rings. The minimum atomic E-state index is -0.0593. The van der Waals surface area contributed by atoms with Crippen LogP contribution < -0.4 is 10.1 Å². The maximum atomic E-state index is 12.1. The highest BCUT2D eigenvalue weighted by molar-refractivity contribution is 9.09. The van der Waals surface area contributed by atoms with Gasteiger partial charge in [-0.1, -0.05) is 42.8 Å². The van der Waals surface area contributed by atoms with Crippen LogP contribution in [0.2, 0.25) is 0 Å². The van der Waals surface area contributed by atoms with Gasteiger partial charge in [-0.2, -0.15) is 0 Å². The van der Waals surface area contributed by atoms with Crippen molar-refractivity contribution in [2.75, 3.05) is 18.5 Å². The summed E-state index contributed by atoms with van der Waals surface area (Å²) < 4.78 is 5.53. The zero-order chi connectivity index (χ0) is 14.3. The standard InChI is InChI=1S/C15H22BrNO2/c1-4-8-19-13-7-5-6-12(9-13)14(18)17-11-15(2,3)10-16/h5-7,9H,4,8,10-11H2,1-3H3,(H,17,18). The molecule has 0 spiro atoms. The van der Waals surface area contributed by atoms with E-state index >= 15 is 0 Å². The summed E-state index contributed by atoms with van der Waals surface area (Å²) in [6, 6.07) is 7.30. The number of halogens is 1. The summed E-state index contributed by atoms with van der Waals surface area (Å²) in [5.74, 6) is 0.685. The van der Waals surface area contributed by atoms with Gasteiger partial charge in [0.15, 0.2) is 0 Å². The SMILES string of the molecule is CCCOc1cccc(C(=O)NCC(C)(C)CBr)c1. The Morgan fingerprint density at radius 1 is 1.42 bits per heavy atom. The molecule has 1 N–H and O–H groups in total. The summed E-state index contributed by atoms with van der Waals surface area (Å²) >= 11 is 3.45. The summed E-state index contributed by atoms with van der Waals surface area (Å²) in [6.07, 6.45) is 0.954. The second kappa shape index (κ2) is 7.53. The molecular formula is C15H22BrNO2.